The molecule has 4 atom stereocenters. The van der Waals surface area contributed by atoms with E-state index in [0.29, 0.717) is 5.92 Å². The maximum atomic E-state index is 11.2. The third-order valence-electron chi connectivity index (χ3n) is 3.41. The van der Waals surface area contributed by atoms with Gasteiger partial charge >= 0.3 is 0 Å². The molecule has 0 saturated heterocycles. The Hall–Kier alpha value is -0.660. The van der Waals surface area contributed by atoms with Crippen LogP contribution in [0.25, 0.3) is 0 Å². The van der Waals surface area contributed by atoms with E-state index >= 15 is 0 Å². The molecule has 0 aromatic heterocycles. The monoisotopic (exact) mass is 136 g/mol. The number of carbonyl (C=O) groups is 2. The van der Waals surface area contributed by atoms with E-state index in [2.05, 4.69) is 0 Å². The molecular weight excluding hydrogens is 128 g/mol. The molecule has 0 aromatic carbocycles. The van der Waals surface area contributed by atoms with Gasteiger partial charge in [-0.2, -0.15) is 0 Å². The highest BCUT2D eigenvalue weighted by molar-refractivity contribution is 6.15. The van der Waals surface area contributed by atoms with E-state index in [1.54, 1.807) is 0 Å². The van der Waals surface area contributed by atoms with Gasteiger partial charge in [0, 0.05) is 11.8 Å². The van der Waals surface area contributed by atoms with Gasteiger partial charge in [0.15, 0.2) is 0 Å². The van der Waals surface area contributed by atoms with Crippen LogP contribution in [0.15, 0.2) is 0 Å². The van der Waals surface area contributed by atoms with Crippen LogP contribution in [0.5, 0.6) is 0 Å². The van der Waals surface area contributed by atoms with Crippen molar-refractivity contribution in [1.82, 2.24) is 0 Å². The van der Waals surface area contributed by atoms with Gasteiger partial charge in [0.2, 0.25) is 0 Å². The number of ketones is 2. The van der Waals surface area contributed by atoms with E-state index in [1.165, 1.54) is 0 Å². The zero-order valence-corrected chi connectivity index (χ0v) is 5.54. The molecule has 0 aliphatic heterocycles. The molecule has 0 aromatic rings. The fourth-order valence-corrected chi connectivity index (χ4v) is 3.04. The number of hydrogen-bond acceptors (Lipinski definition) is 2. The van der Waals surface area contributed by atoms with Crippen LogP contribution in [-0.2, 0) is 9.59 Å². The summed E-state index contributed by atoms with van der Waals surface area (Å²) in [5.74, 6) is 1.22. The highest BCUT2D eigenvalue weighted by Crippen LogP contribution is 2.58. The predicted octanol–water partition coefficient (Wildman–Crippen LogP) is 0.410. The first kappa shape index (κ1) is 5.05. The molecule has 4 bridgehead atoms. The maximum absolute atomic E-state index is 11.2. The molecular formula is C8H8O2. The normalized spacial score (nSPS) is 55.6. The van der Waals surface area contributed by atoms with Crippen molar-refractivity contribution in [2.45, 2.75) is 12.8 Å². The van der Waals surface area contributed by atoms with Gasteiger partial charge in [0.1, 0.15) is 11.6 Å². The molecule has 0 heterocycles. The molecule has 4 aliphatic carbocycles. The smallest absolute Gasteiger partial charge is 0.147 e. The number of rotatable bonds is 0. The minimum atomic E-state index is -0.130. The zero-order valence-electron chi connectivity index (χ0n) is 5.54. The molecule has 4 saturated carbocycles. The fraction of sp³-hybridized carbons (Fsp3) is 0.750. The van der Waals surface area contributed by atoms with Crippen LogP contribution in [0.3, 0.4) is 0 Å². The quantitative estimate of drug-likeness (QED) is 0.452. The summed E-state index contributed by atoms with van der Waals surface area (Å²) in [6, 6.07) is 0. The molecule has 4 fully saturated rings. The Bertz CT molecular complexity index is 220. The molecule has 2 heteroatoms. The molecule has 4 aliphatic rings. The van der Waals surface area contributed by atoms with Gasteiger partial charge in [-0.05, 0) is 18.8 Å². The molecule has 4 rings (SSSR count). The Morgan fingerprint density at radius 3 is 1.70 bits per heavy atom. The van der Waals surface area contributed by atoms with Crippen LogP contribution in [-0.4, -0.2) is 11.6 Å². The second-order valence-corrected chi connectivity index (χ2v) is 3.73. The summed E-state index contributed by atoms with van der Waals surface area (Å²) < 4.78 is 0. The second-order valence-electron chi connectivity index (χ2n) is 3.73. The van der Waals surface area contributed by atoms with Crippen LogP contribution in [0, 0.1) is 23.7 Å². The van der Waals surface area contributed by atoms with Gasteiger partial charge in [0.05, 0.1) is 5.92 Å². The van der Waals surface area contributed by atoms with Crippen molar-refractivity contribution in [1.29, 1.82) is 0 Å². The summed E-state index contributed by atoms with van der Waals surface area (Å²) in [6.07, 6.45) is 2.06. The van der Waals surface area contributed by atoms with Gasteiger partial charge in [-0.3, -0.25) is 9.59 Å². The minimum absolute atomic E-state index is 0.130. The van der Waals surface area contributed by atoms with Crippen molar-refractivity contribution in [3.63, 3.8) is 0 Å². The maximum Gasteiger partial charge on any atom is 0.147 e. The molecule has 2 nitrogen and oxygen atoms in total. The van der Waals surface area contributed by atoms with E-state index in [0.717, 1.165) is 12.8 Å². The number of Topliss-reactive ketones (excluding diaryl/α,β-unsaturated/α-hetero) is 2. The standard InChI is InChI=1S/C8H8O2/c9-7-4-1-3-2-5(4)8(10)6(3)7/h3-6H,1-2H2/t3?,4-,5+,6?. The Balaban J connectivity index is 2.22. The summed E-state index contributed by atoms with van der Waals surface area (Å²) in [4.78, 5) is 22.4. The molecule has 0 N–H and O–H groups in total. The van der Waals surface area contributed by atoms with E-state index in [-0.39, 0.29) is 29.3 Å². The van der Waals surface area contributed by atoms with Crippen molar-refractivity contribution in [2.24, 2.45) is 23.7 Å². The van der Waals surface area contributed by atoms with Crippen LogP contribution >= 0.6 is 0 Å². The topological polar surface area (TPSA) is 34.1 Å². The van der Waals surface area contributed by atoms with Crippen LogP contribution in [0.4, 0.5) is 0 Å². The van der Waals surface area contributed by atoms with Crippen molar-refractivity contribution in [3.8, 4) is 0 Å². The summed E-state index contributed by atoms with van der Waals surface area (Å²) in [6.45, 7) is 0. The lowest BCUT2D eigenvalue weighted by molar-refractivity contribution is -0.126. The van der Waals surface area contributed by atoms with Crippen LogP contribution in [0.1, 0.15) is 12.8 Å². The largest absolute Gasteiger partial charge is 0.299 e. The Kier molecular flexibility index (Phi) is 0.607. The highest BCUT2D eigenvalue weighted by atomic mass is 16.2. The van der Waals surface area contributed by atoms with Gasteiger partial charge in [-0.25, -0.2) is 0 Å². The van der Waals surface area contributed by atoms with E-state index in [9.17, 15) is 9.59 Å². The van der Waals surface area contributed by atoms with Crippen molar-refractivity contribution in [2.75, 3.05) is 0 Å². The summed E-state index contributed by atoms with van der Waals surface area (Å²) in [5.41, 5.74) is 0. The van der Waals surface area contributed by atoms with Gasteiger partial charge in [-0.1, -0.05) is 0 Å². The number of hydrogen-bond donors (Lipinski definition) is 0. The first-order valence-electron chi connectivity index (χ1n) is 3.86. The lowest BCUT2D eigenvalue weighted by Gasteiger charge is -2.01. The van der Waals surface area contributed by atoms with E-state index in [1.807, 2.05) is 0 Å². The average molecular weight is 136 g/mol. The van der Waals surface area contributed by atoms with Crippen molar-refractivity contribution >= 4 is 11.6 Å². The highest BCUT2D eigenvalue weighted by Gasteiger charge is 2.65. The lowest BCUT2D eigenvalue weighted by Crippen LogP contribution is -2.13. The third-order valence-corrected chi connectivity index (χ3v) is 3.41. The molecule has 0 amide bonds. The summed E-state index contributed by atoms with van der Waals surface area (Å²) in [7, 11) is 0. The predicted molar refractivity (Wildman–Crippen MR) is 33.2 cm³/mol. The Morgan fingerprint density at radius 1 is 1.00 bits per heavy atom. The molecule has 0 spiro atoms. The zero-order chi connectivity index (χ0) is 6.88. The first-order chi connectivity index (χ1) is 4.79. The molecule has 2 unspecified atom stereocenters. The summed E-state index contributed by atoms with van der Waals surface area (Å²) >= 11 is 0. The van der Waals surface area contributed by atoms with Crippen molar-refractivity contribution in [3.05, 3.63) is 0 Å². The van der Waals surface area contributed by atoms with Crippen LogP contribution in [0.2, 0.25) is 0 Å². The SMILES string of the molecule is O=C1C2C(=O)[C@@H]3CC2C[C@H]13. The minimum Gasteiger partial charge on any atom is -0.299 e. The lowest BCUT2D eigenvalue weighted by atomic mass is 10.00. The van der Waals surface area contributed by atoms with Gasteiger partial charge in [0.25, 0.3) is 0 Å². The Labute approximate surface area is 58.6 Å². The van der Waals surface area contributed by atoms with E-state index < -0.39 is 0 Å². The van der Waals surface area contributed by atoms with Crippen LogP contribution < -0.4 is 0 Å². The van der Waals surface area contributed by atoms with Gasteiger partial charge in [-0.15, -0.1) is 0 Å². The van der Waals surface area contributed by atoms with E-state index in [4.69, 9.17) is 0 Å². The molecule has 0 radical (unpaired) electrons. The third kappa shape index (κ3) is 0.300. The summed E-state index contributed by atoms with van der Waals surface area (Å²) in [5, 5.41) is 0. The average Bonchev–Trinajstić information content (AvgIpc) is 2.51. The Morgan fingerprint density at radius 2 is 1.50 bits per heavy atom. The first-order valence-corrected chi connectivity index (χ1v) is 3.86. The molecule has 52 valence electrons. The number of carbonyl (C=O) groups excluding carboxylic acids is 2. The molecule has 10 heavy (non-hydrogen) atoms. The van der Waals surface area contributed by atoms with Gasteiger partial charge < -0.3 is 0 Å². The second kappa shape index (κ2) is 1.20. The van der Waals surface area contributed by atoms with Crippen molar-refractivity contribution < 1.29 is 9.59 Å². The fourth-order valence-electron chi connectivity index (χ4n) is 3.04.